The molecule has 0 spiro atoms. The van der Waals surface area contributed by atoms with E-state index in [9.17, 15) is 13.5 Å². The quantitative estimate of drug-likeness (QED) is 0.844. The number of nitrogens with zero attached hydrogens (tertiary/aromatic N) is 2. The molecular weight excluding hydrogens is 228 g/mol. The van der Waals surface area contributed by atoms with Gasteiger partial charge in [-0.25, -0.2) is 8.42 Å². The second kappa shape index (κ2) is 4.55. The number of aryl methyl sites for hydroxylation is 2. The molecule has 1 heterocycles. The number of aliphatic hydroxyl groups excluding tert-OH is 1. The standard InChI is InChI=1S/C10H18N2O3S/c1-7-10(9(3)13)8(2)12(11-7)5-6-16(4,14)15/h9,13H,5-6H2,1-4H3/t9-/m1/s1. The fourth-order valence-electron chi connectivity index (χ4n) is 1.79. The highest BCUT2D eigenvalue weighted by Crippen LogP contribution is 2.20. The first kappa shape index (κ1) is 13.2. The average Bonchev–Trinajstić information content (AvgIpc) is 2.36. The summed E-state index contributed by atoms with van der Waals surface area (Å²) >= 11 is 0. The van der Waals surface area contributed by atoms with E-state index in [2.05, 4.69) is 5.10 Å². The fourth-order valence-corrected chi connectivity index (χ4v) is 2.29. The molecule has 1 aromatic heterocycles. The third-order valence-electron chi connectivity index (χ3n) is 2.53. The van der Waals surface area contributed by atoms with Crippen molar-refractivity contribution in [2.75, 3.05) is 12.0 Å². The van der Waals surface area contributed by atoms with Crippen LogP contribution in [0.15, 0.2) is 0 Å². The molecular formula is C10H18N2O3S. The van der Waals surface area contributed by atoms with E-state index in [1.807, 2.05) is 13.8 Å². The van der Waals surface area contributed by atoms with Crippen LogP contribution in [0.25, 0.3) is 0 Å². The Morgan fingerprint density at radius 3 is 2.38 bits per heavy atom. The molecule has 0 amide bonds. The smallest absolute Gasteiger partial charge is 0.149 e. The van der Waals surface area contributed by atoms with Crippen molar-refractivity contribution in [2.24, 2.45) is 0 Å². The van der Waals surface area contributed by atoms with E-state index in [1.165, 1.54) is 6.26 Å². The molecule has 0 bridgehead atoms. The molecule has 6 heteroatoms. The van der Waals surface area contributed by atoms with Crippen molar-refractivity contribution >= 4 is 9.84 Å². The van der Waals surface area contributed by atoms with Gasteiger partial charge < -0.3 is 5.11 Å². The fraction of sp³-hybridized carbons (Fsp3) is 0.700. The Hall–Kier alpha value is -0.880. The van der Waals surface area contributed by atoms with Crippen molar-refractivity contribution in [3.8, 4) is 0 Å². The van der Waals surface area contributed by atoms with E-state index in [1.54, 1.807) is 11.6 Å². The van der Waals surface area contributed by atoms with E-state index in [4.69, 9.17) is 0 Å². The summed E-state index contributed by atoms with van der Waals surface area (Å²) in [6.07, 6.45) is 0.626. The Kier molecular flexibility index (Phi) is 3.75. The van der Waals surface area contributed by atoms with E-state index in [0.29, 0.717) is 6.54 Å². The van der Waals surface area contributed by atoms with E-state index < -0.39 is 15.9 Å². The highest BCUT2D eigenvalue weighted by molar-refractivity contribution is 7.90. The summed E-state index contributed by atoms with van der Waals surface area (Å²) in [5.41, 5.74) is 2.37. The number of sulfone groups is 1. The van der Waals surface area contributed by atoms with Crippen LogP contribution in [0.4, 0.5) is 0 Å². The van der Waals surface area contributed by atoms with Crippen molar-refractivity contribution in [2.45, 2.75) is 33.4 Å². The zero-order chi connectivity index (χ0) is 12.5. The molecule has 0 unspecified atom stereocenters. The van der Waals surface area contributed by atoms with Crippen molar-refractivity contribution in [3.63, 3.8) is 0 Å². The first-order chi connectivity index (χ1) is 7.22. The van der Waals surface area contributed by atoms with Crippen molar-refractivity contribution in [1.29, 1.82) is 0 Å². The van der Waals surface area contributed by atoms with Gasteiger partial charge in [-0.3, -0.25) is 4.68 Å². The SMILES string of the molecule is Cc1nn(CCS(C)(=O)=O)c(C)c1[C@@H](C)O. The monoisotopic (exact) mass is 246 g/mol. The number of aromatic nitrogens is 2. The van der Waals surface area contributed by atoms with Gasteiger partial charge in [-0.15, -0.1) is 0 Å². The van der Waals surface area contributed by atoms with Gasteiger partial charge in [-0.05, 0) is 20.8 Å². The molecule has 92 valence electrons. The number of aliphatic hydroxyl groups is 1. The summed E-state index contributed by atoms with van der Waals surface area (Å²) in [5.74, 6) is 0.0637. The predicted octanol–water partition coefficient (Wildman–Crippen LogP) is 0.598. The molecule has 0 radical (unpaired) electrons. The predicted molar refractivity (Wildman–Crippen MR) is 62.0 cm³/mol. The van der Waals surface area contributed by atoms with Gasteiger partial charge in [-0.1, -0.05) is 0 Å². The minimum atomic E-state index is -2.99. The van der Waals surface area contributed by atoms with E-state index in [-0.39, 0.29) is 5.75 Å². The lowest BCUT2D eigenvalue weighted by atomic mass is 10.1. The molecule has 0 aliphatic heterocycles. The van der Waals surface area contributed by atoms with Gasteiger partial charge in [0.25, 0.3) is 0 Å². The summed E-state index contributed by atoms with van der Waals surface area (Å²) in [6, 6.07) is 0. The lowest BCUT2D eigenvalue weighted by Crippen LogP contribution is -2.13. The summed E-state index contributed by atoms with van der Waals surface area (Å²) < 4.78 is 23.7. The molecule has 0 aromatic carbocycles. The number of hydrogen-bond donors (Lipinski definition) is 1. The molecule has 1 rings (SSSR count). The Morgan fingerprint density at radius 1 is 1.44 bits per heavy atom. The Balaban J connectivity index is 2.95. The second-order valence-corrected chi connectivity index (χ2v) is 6.37. The first-order valence-electron chi connectivity index (χ1n) is 5.12. The zero-order valence-electron chi connectivity index (χ0n) is 10.1. The molecule has 5 nitrogen and oxygen atoms in total. The average molecular weight is 246 g/mol. The molecule has 0 saturated heterocycles. The van der Waals surface area contributed by atoms with E-state index in [0.717, 1.165) is 17.0 Å². The molecule has 1 aromatic rings. The molecule has 0 fully saturated rings. The Bertz CT molecular complexity index is 474. The molecule has 16 heavy (non-hydrogen) atoms. The molecule has 0 saturated carbocycles. The van der Waals surface area contributed by atoms with Gasteiger partial charge in [0.1, 0.15) is 9.84 Å². The summed E-state index contributed by atoms with van der Waals surface area (Å²) in [5, 5.41) is 13.8. The van der Waals surface area contributed by atoms with E-state index >= 15 is 0 Å². The third-order valence-corrected chi connectivity index (χ3v) is 3.45. The van der Waals surface area contributed by atoms with Crippen LogP contribution < -0.4 is 0 Å². The summed E-state index contributed by atoms with van der Waals surface area (Å²) in [7, 11) is -2.99. The maximum atomic E-state index is 11.1. The van der Waals surface area contributed by atoms with Gasteiger partial charge in [0, 0.05) is 17.5 Å². The summed E-state index contributed by atoms with van der Waals surface area (Å²) in [6.45, 7) is 5.66. The normalized spacial score (nSPS) is 14.1. The number of hydrogen-bond acceptors (Lipinski definition) is 4. The Labute approximate surface area is 96.0 Å². The van der Waals surface area contributed by atoms with Crippen LogP contribution in [0.2, 0.25) is 0 Å². The lowest BCUT2D eigenvalue weighted by Gasteiger charge is -2.06. The number of rotatable bonds is 4. The maximum Gasteiger partial charge on any atom is 0.149 e. The van der Waals surface area contributed by atoms with Gasteiger partial charge in [0.2, 0.25) is 0 Å². The minimum Gasteiger partial charge on any atom is -0.389 e. The van der Waals surface area contributed by atoms with Gasteiger partial charge >= 0.3 is 0 Å². The van der Waals surface area contributed by atoms with Crippen LogP contribution in [0.1, 0.15) is 30.0 Å². The minimum absolute atomic E-state index is 0.0637. The Morgan fingerprint density at radius 2 is 2.00 bits per heavy atom. The van der Waals surface area contributed by atoms with Gasteiger partial charge in [0.05, 0.1) is 24.1 Å². The molecule has 0 aliphatic carbocycles. The molecule has 1 N–H and O–H groups in total. The van der Waals surface area contributed by atoms with Crippen molar-refractivity contribution in [1.82, 2.24) is 9.78 Å². The van der Waals surface area contributed by atoms with Crippen molar-refractivity contribution < 1.29 is 13.5 Å². The first-order valence-corrected chi connectivity index (χ1v) is 7.18. The summed E-state index contributed by atoms with van der Waals surface area (Å²) in [4.78, 5) is 0. The van der Waals surface area contributed by atoms with Crippen molar-refractivity contribution in [3.05, 3.63) is 17.0 Å². The van der Waals surface area contributed by atoms with Crippen LogP contribution in [-0.4, -0.2) is 35.3 Å². The van der Waals surface area contributed by atoms with Crippen LogP contribution in [0.5, 0.6) is 0 Å². The van der Waals surface area contributed by atoms with Gasteiger partial charge in [-0.2, -0.15) is 5.10 Å². The van der Waals surface area contributed by atoms with Crippen LogP contribution >= 0.6 is 0 Å². The zero-order valence-corrected chi connectivity index (χ0v) is 10.9. The van der Waals surface area contributed by atoms with Gasteiger partial charge in [0.15, 0.2) is 0 Å². The maximum absolute atomic E-state index is 11.1. The highest BCUT2D eigenvalue weighted by atomic mass is 32.2. The topological polar surface area (TPSA) is 72.2 Å². The molecule has 0 aliphatic rings. The molecule has 1 atom stereocenters. The van der Waals surface area contributed by atoms with Crippen LogP contribution in [-0.2, 0) is 16.4 Å². The van der Waals surface area contributed by atoms with Crippen LogP contribution in [0, 0.1) is 13.8 Å². The highest BCUT2D eigenvalue weighted by Gasteiger charge is 2.16. The second-order valence-electron chi connectivity index (χ2n) is 4.11. The largest absolute Gasteiger partial charge is 0.389 e. The van der Waals surface area contributed by atoms with Crippen LogP contribution in [0.3, 0.4) is 0 Å². The lowest BCUT2D eigenvalue weighted by molar-refractivity contribution is 0.197. The third kappa shape index (κ3) is 3.05.